The summed E-state index contributed by atoms with van der Waals surface area (Å²) in [6.45, 7) is 0.405. The summed E-state index contributed by atoms with van der Waals surface area (Å²) < 4.78 is 7.21. The lowest BCUT2D eigenvalue weighted by Gasteiger charge is -2.15. The summed E-state index contributed by atoms with van der Waals surface area (Å²) in [4.78, 5) is 11.9. The van der Waals surface area contributed by atoms with Crippen LogP contribution >= 0.6 is 11.3 Å². The molecule has 1 atom stereocenters. The smallest absolute Gasteiger partial charge is 0.244 e. The van der Waals surface area contributed by atoms with Crippen LogP contribution in [0.3, 0.4) is 0 Å². The summed E-state index contributed by atoms with van der Waals surface area (Å²) in [5.41, 5.74) is 1.02. The molecule has 6 heteroatoms. The van der Waals surface area contributed by atoms with E-state index in [1.165, 1.54) is 6.08 Å². The van der Waals surface area contributed by atoms with Gasteiger partial charge < -0.3 is 9.73 Å². The number of rotatable bonds is 6. The van der Waals surface area contributed by atoms with E-state index in [0.29, 0.717) is 6.54 Å². The molecule has 3 aromatic rings. The number of aromatic nitrogens is 2. The lowest BCUT2D eigenvalue weighted by Crippen LogP contribution is -2.30. The molecule has 112 valence electrons. The fourth-order valence-electron chi connectivity index (χ4n) is 2.07. The van der Waals surface area contributed by atoms with Crippen LogP contribution in [0.4, 0.5) is 0 Å². The first-order valence-electron chi connectivity index (χ1n) is 6.83. The second-order valence-electron chi connectivity index (χ2n) is 4.65. The summed E-state index contributed by atoms with van der Waals surface area (Å²) in [5.74, 6) is 0.612. The molecular formula is C16H15N3O2S. The lowest BCUT2D eigenvalue weighted by molar-refractivity contribution is -0.116. The van der Waals surface area contributed by atoms with Gasteiger partial charge in [0.25, 0.3) is 0 Å². The van der Waals surface area contributed by atoms with Crippen LogP contribution in [0.25, 0.3) is 6.08 Å². The van der Waals surface area contributed by atoms with E-state index in [2.05, 4.69) is 10.4 Å². The van der Waals surface area contributed by atoms with Crippen LogP contribution in [0, 0.1) is 0 Å². The number of thiophene rings is 1. The van der Waals surface area contributed by atoms with Crippen LogP contribution in [0.1, 0.15) is 17.4 Å². The van der Waals surface area contributed by atoms with Gasteiger partial charge in [-0.3, -0.25) is 9.48 Å². The first kappa shape index (κ1) is 14.3. The van der Waals surface area contributed by atoms with Crippen molar-refractivity contribution in [3.05, 3.63) is 71.1 Å². The van der Waals surface area contributed by atoms with E-state index in [9.17, 15) is 4.79 Å². The highest BCUT2D eigenvalue weighted by molar-refractivity contribution is 7.08. The Morgan fingerprint density at radius 2 is 2.41 bits per heavy atom. The van der Waals surface area contributed by atoms with Crippen LogP contribution in [0.2, 0.25) is 0 Å². The third-order valence-electron chi connectivity index (χ3n) is 3.16. The molecule has 1 N–H and O–H groups in total. The third-order valence-corrected chi connectivity index (χ3v) is 3.86. The molecule has 1 unspecified atom stereocenters. The SMILES string of the molecule is O=C(C=Cc1ccsc1)NCC(c1ccco1)n1cccn1. The Bertz CT molecular complexity index is 681. The Labute approximate surface area is 131 Å². The first-order chi connectivity index (χ1) is 10.8. The highest BCUT2D eigenvalue weighted by Gasteiger charge is 2.17. The van der Waals surface area contributed by atoms with Gasteiger partial charge in [0.1, 0.15) is 11.8 Å². The van der Waals surface area contributed by atoms with Gasteiger partial charge in [-0.1, -0.05) is 0 Å². The summed E-state index contributed by atoms with van der Waals surface area (Å²) >= 11 is 1.60. The number of furan rings is 1. The Morgan fingerprint density at radius 3 is 3.09 bits per heavy atom. The van der Waals surface area contributed by atoms with Crippen LogP contribution in [0.5, 0.6) is 0 Å². The van der Waals surface area contributed by atoms with E-state index in [0.717, 1.165) is 11.3 Å². The van der Waals surface area contributed by atoms with Gasteiger partial charge in [-0.25, -0.2) is 0 Å². The van der Waals surface area contributed by atoms with Crippen LogP contribution in [-0.4, -0.2) is 22.2 Å². The highest BCUT2D eigenvalue weighted by Crippen LogP contribution is 2.17. The van der Waals surface area contributed by atoms with Gasteiger partial charge in [0.15, 0.2) is 0 Å². The molecule has 0 saturated carbocycles. The van der Waals surface area contributed by atoms with Gasteiger partial charge in [-0.05, 0) is 46.7 Å². The second kappa shape index (κ2) is 6.91. The largest absolute Gasteiger partial charge is 0.467 e. The maximum atomic E-state index is 11.9. The lowest BCUT2D eigenvalue weighted by atomic mass is 10.2. The number of hydrogen-bond acceptors (Lipinski definition) is 4. The highest BCUT2D eigenvalue weighted by atomic mass is 32.1. The minimum absolute atomic E-state index is 0.144. The fourth-order valence-corrected chi connectivity index (χ4v) is 2.70. The maximum absolute atomic E-state index is 11.9. The maximum Gasteiger partial charge on any atom is 0.244 e. The average molecular weight is 313 g/mol. The van der Waals surface area contributed by atoms with E-state index in [-0.39, 0.29) is 11.9 Å². The number of hydrogen-bond donors (Lipinski definition) is 1. The Kier molecular flexibility index (Phi) is 4.50. The molecule has 0 fully saturated rings. The molecule has 3 aromatic heterocycles. The van der Waals surface area contributed by atoms with Crippen molar-refractivity contribution in [2.45, 2.75) is 6.04 Å². The Balaban J connectivity index is 1.63. The van der Waals surface area contributed by atoms with Crippen LogP contribution < -0.4 is 5.32 Å². The van der Waals surface area contributed by atoms with Gasteiger partial charge in [-0.15, -0.1) is 0 Å². The summed E-state index contributed by atoms with van der Waals surface area (Å²) in [7, 11) is 0. The predicted molar refractivity (Wildman–Crippen MR) is 85.4 cm³/mol. The molecule has 0 radical (unpaired) electrons. The molecule has 0 saturated heterocycles. The van der Waals surface area contributed by atoms with Gasteiger partial charge in [0.05, 0.1) is 6.26 Å². The van der Waals surface area contributed by atoms with E-state index in [1.807, 2.05) is 41.2 Å². The van der Waals surface area contributed by atoms with E-state index in [4.69, 9.17) is 4.42 Å². The molecular weight excluding hydrogens is 298 g/mol. The van der Waals surface area contributed by atoms with Crippen molar-refractivity contribution in [1.29, 1.82) is 0 Å². The molecule has 5 nitrogen and oxygen atoms in total. The van der Waals surface area contributed by atoms with E-state index in [1.54, 1.807) is 34.6 Å². The number of amides is 1. The molecule has 3 heterocycles. The van der Waals surface area contributed by atoms with Crippen molar-refractivity contribution < 1.29 is 9.21 Å². The van der Waals surface area contributed by atoms with Gasteiger partial charge in [-0.2, -0.15) is 16.4 Å². The monoisotopic (exact) mass is 313 g/mol. The van der Waals surface area contributed by atoms with E-state index >= 15 is 0 Å². The minimum Gasteiger partial charge on any atom is -0.467 e. The van der Waals surface area contributed by atoms with Crippen molar-refractivity contribution >= 4 is 23.3 Å². The van der Waals surface area contributed by atoms with Crippen LogP contribution in [0.15, 0.2) is 64.2 Å². The second-order valence-corrected chi connectivity index (χ2v) is 5.43. The molecule has 0 aromatic carbocycles. The molecule has 3 rings (SSSR count). The van der Waals surface area contributed by atoms with Crippen molar-refractivity contribution in [3.63, 3.8) is 0 Å². The first-order valence-corrected chi connectivity index (χ1v) is 7.78. The van der Waals surface area contributed by atoms with E-state index < -0.39 is 0 Å². The zero-order chi connectivity index (χ0) is 15.2. The van der Waals surface area contributed by atoms with Crippen molar-refractivity contribution in [1.82, 2.24) is 15.1 Å². The molecule has 0 bridgehead atoms. The molecule has 22 heavy (non-hydrogen) atoms. The van der Waals surface area contributed by atoms with Crippen molar-refractivity contribution in [2.75, 3.05) is 6.54 Å². The van der Waals surface area contributed by atoms with Gasteiger partial charge in [0, 0.05) is 25.0 Å². The zero-order valence-electron chi connectivity index (χ0n) is 11.8. The average Bonchev–Trinajstić information content (AvgIpc) is 3.27. The minimum atomic E-state index is -0.163. The number of nitrogens with one attached hydrogen (secondary N) is 1. The third kappa shape index (κ3) is 3.53. The Hall–Kier alpha value is -2.60. The van der Waals surface area contributed by atoms with Gasteiger partial charge >= 0.3 is 0 Å². The van der Waals surface area contributed by atoms with Crippen LogP contribution in [-0.2, 0) is 4.79 Å². The quantitative estimate of drug-likeness (QED) is 0.712. The molecule has 0 aliphatic heterocycles. The standard InChI is InChI=1S/C16H15N3O2S/c20-16(5-4-13-6-10-22-12-13)17-11-14(15-3-1-9-21-15)19-8-2-7-18-19/h1-10,12,14H,11H2,(H,17,20). The van der Waals surface area contributed by atoms with Crippen molar-refractivity contribution in [3.8, 4) is 0 Å². The summed E-state index contributed by atoms with van der Waals surface area (Å²) in [6.07, 6.45) is 8.49. The molecule has 1 amide bonds. The van der Waals surface area contributed by atoms with Crippen molar-refractivity contribution in [2.24, 2.45) is 0 Å². The topological polar surface area (TPSA) is 60.1 Å². The predicted octanol–water partition coefficient (Wildman–Crippen LogP) is 2.96. The number of nitrogens with zero attached hydrogens (tertiary/aromatic N) is 2. The summed E-state index contributed by atoms with van der Waals surface area (Å²) in [5, 5.41) is 11.1. The number of carbonyl (C=O) groups is 1. The normalized spacial score (nSPS) is 12.5. The molecule has 0 aliphatic carbocycles. The summed E-state index contributed by atoms with van der Waals surface area (Å²) in [6, 6.07) is 7.34. The zero-order valence-corrected chi connectivity index (χ0v) is 12.6. The Morgan fingerprint density at radius 1 is 1.45 bits per heavy atom. The van der Waals surface area contributed by atoms with Gasteiger partial charge in [0.2, 0.25) is 5.91 Å². The number of carbonyl (C=O) groups excluding carboxylic acids is 1. The molecule has 0 aliphatic rings. The molecule has 0 spiro atoms. The fraction of sp³-hybridized carbons (Fsp3) is 0.125.